The SMILES string of the molecule is CCC(C)C(NC(=O)c1csc(NC(C)=O)n1)C(N)=O. The minimum atomic E-state index is -0.738. The molecule has 0 bridgehead atoms. The summed E-state index contributed by atoms with van der Waals surface area (Å²) in [6.45, 7) is 5.09. The second-order valence-corrected chi connectivity index (χ2v) is 5.32. The fourth-order valence-corrected chi connectivity index (χ4v) is 2.27. The molecule has 0 spiro atoms. The first-order valence-electron chi connectivity index (χ1n) is 6.18. The van der Waals surface area contributed by atoms with Crippen LogP contribution in [0.25, 0.3) is 0 Å². The number of anilines is 1. The van der Waals surface area contributed by atoms with E-state index in [4.69, 9.17) is 5.73 Å². The number of hydrogen-bond acceptors (Lipinski definition) is 5. The molecular weight excluding hydrogens is 280 g/mol. The minimum Gasteiger partial charge on any atom is -0.368 e. The molecule has 2 unspecified atom stereocenters. The molecule has 1 rings (SSSR count). The van der Waals surface area contributed by atoms with Crippen LogP contribution in [0.2, 0.25) is 0 Å². The lowest BCUT2D eigenvalue weighted by atomic mass is 9.98. The van der Waals surface area contributed by atoms with Crippen molar-refractivity contribution in [3.05, 3.63) is 11.1 Å². The first-order valence-corrected chi connectivity index (χ1v) is 7.06. The molecule has 0 radical (unpaired) electrons. The van der Waals surface area contributed by atoms with E-state index in [1.807, 2.05) is 13.8 Å². The fraction of sp³-hybridized carbons (Fsp3) is 0.500. The van der Waals surface area contributed by atoms with Crippen molar-refractivity contribution in [2.24, 2.45) is 11.7 Å². The molecule has 8 heteroatoms. The van der Waals surface area contributed by atoms with E-state index < -0.39 is 17.9 Å². The largest absolute Gasteiger partial charge is 0.368 e. The van der Waals surface area contributed by atoms with Crippen molar-refractivity contribution in [1.29, 1.82) is 0 Å². The molecule has 0 saturated carbocycles. The van der Waals surface area contributed by atoms with E-state index in [9.17, 15) is 14.4 Å². The second kappa shape index (κ2) is 6.99. The Morgan fingerprint density at radius 2 is 2.10 bits per heavy atom. The molecular formula is C12H18N4O3S. The van der Waals surface area contributed by atoms with Crippen molar-refractivity contribution in [3.8, 4) is 0 Å². The van der Waals surface area contributed by atoms with E-state index in [2.05, 4.69) is 15.6 Å². The van der Waals surface area contributed by atoms with Crippen LogP contribution < -0.4 is 16.4 Å². The Morgan fingerprint density at radius 1 is 1.45 bits per heavy atom. The van der Waals surface area contributed by atoms with Gasteiger partial charge in [0.1, 0.15) is 11.7 Å². The number of aromatic nitrogens is 1. The van der Waals surface area contributed by atoms with Gasteiger partial charge in [0.15, 0.2) is 5.13 Å². The average molecular weight is 298 g/mol. The van der Waals surface area contributed by atoms with Crippen LogP contribution in [0.1, 0.15) is 37.7 Å². The summed E-state index contributed by atoms with van der Waals surface area (Å²) in [5.74, 6) is -1.39. The predicted molar refractivity (Wildman–Crippen MR) is 76.3 cm³/mol. The zero-order valence-corrected chi connectivity index (χ0v) is 12.4. The Hall–Kier alpha value is -1.96. The predicted octanol–water partition coefficient (Wildman–Crippen LogP) is 0.731. The maximum absolute atomic E-state index is 12.0. The molecule has 0 aliphatic carbocycles. The van der Waals surface area contributed by atoms with E-state index in [0.717, 1.165) is 11.3 Å². The van der Waals surface area contributed by atoms with Crippen molar-refractivity contribution in [2.75, 3.05) is 5.32 Å². The van der Waals surface area contributed by atoms with Gasteiger partial charge in [-0.3, -0.25) is 14.4 Å². The molecule has 0 saturated heterocycles. The van der Waals surface area contributed by atoms with Gasteiger partial charge in [-0.25, -0.2) is 4.98 Å². The van der Waals surface area contributed by atoms with Crippen molar-refractivity contribution < 1.29 is 14.4 Å². The Kier molecular flexibility index (Phi) is 5.63. The molecule has 1 heterocycles. The van der Waals surface area contributed by atoms with E-state index >= 15 is 0 Å². The Balaban J connectivity index is 2.76. The van der Waals surface area contributed by atoms with Gasteiger partial charge in [-0.2, -0.15) is 0 Å². The maximum Gasteiger partial charge on any atom is 0.271 e. The van der Waals surface area contributed by atoms with Crippen LogP contribution in [-0.2, 0) is 9.59 Å². The lowest BCUT2D eigenvalue weighted by Crippen LogP contribution is -2.48. The molecule has 1 aromatic rings. The molecule has 0 aromatic carbocycles. The number of carbonyl (C=O) groups excluding carboxylic acids is 3. The van der Waals surface area contributed by atoms with Gasteiger partial charge in [0.05, 0.1) is 0 Å². The maximum atomic E-state index is 12.0. The fourth-order valence-electron chi connectivity index (χ4n) is 1.53. The normalized spacial score (nSPS) is 13.3. The first kappa shape index (κ1) is 16.1. The average Bonchev–Trinajstić information content (AvgIpc) is 2.82. The lowest BCUT2D eigenvalue weighted by molar-refractivity contribution is -0.121. The molecule has 20 heavy (non-hydrogen) atoms. The van der Waals surface area contributed by atoms with E-state index in [1.54, 1.807) is 0 Å². The van der Waals surface area contributed by atoms with E-state index in [0.29, 0.717) is 11.6 Å². The van der Waals surface area contributed by atoms with Gasteiger partial charge >= 0.3 is 0 Å². The van der Waals surface area contributed by atoms with Crippen molar-refractivity contribution in [2.45, 2.75) is 33.2 Å². The highest BCUT2D eigenvalue weighted by molar-refractivity contribution is 7.14. The van der Waals surface area contributed by atoms with Crippen molar-refractivity contribution >= 4 is 34.2 Å². The number of nitrogens with one attached hydrogen (secondary N) is 2. The smallest absolute Gasteiger partial charge is 0.271 e. The highest BCUT2D eigenvalue weighted by atomic mass is 32.1. The summed E-state index contributed by atoms with van der Waals surface area (Å²) in [7, 11) is 0. The minimum absolute atomic E-state index is 0.0649. The van der Waals surface area contributed by atoms with E-state index in [-0.39, 0.29) is 17.5 Å². The summed E-state index contributed by atoms with van der Waals surface area (Å²) in [5.41, 5.74) is 5.43. The molecule has 1 aromatic heterocycles. The number of nitrogens with zero attached hydrogens (tertiary/aromatic N) is 1. The number of carbonyl (C=O) groups is 3. The van der Waals surface area contributed by atoms with Crippen LogP contribution in [-0.4, -0.2) is 28.7 Å². The summed E-state index contributed by atoms with van der Waals surface area (Å²) in [4.78, 5) is 38.2. The summed E-state index contributed by atoms with van der Waals surface area (Å²) >= 11 is 1.14. The number of thiazole rings is 1. The number of nitrogens with two attached hydrogens (primary N) is 1. The number of rotatable bonds is 6. The number of amides is 3. The Labute approximate surface area is 121 Å². The molecule has 0 fully saturated rings. The Morgan fingerprint density at radius 3 is 2.60 bits per heavy atom. The van der Waals surface area contributed by atoms with Gasteiger partial charge in [-0.15, -0.1) is 11.3 Å². The first-order chi connectivity index (χ1) is 9.35. The number of primary amides is 1. The molecule has 2 atom stereocenters. The standard InChI is InChI=1S/C12H18N4O3S/c1-4-6(2)9(10(13)18)16-11(19)8-5-20-12(15-8)14-7(3)17/h5-6,9H,4H2,1-3H3,(H2,13,18)(H,16,19)(H,14,15,17). The topological polar surface area (TPSA) is 114 Å². The second-order valence-electron chi connectivity index (χ2n) is 4.46. The van der Waals surface area contributed by atoms with Crippen LogP contribution in [0, 0.1) is 5.92 Å². The zero-order valence-electron chi connectivity index (χ0n) is 11.6. The van der Waals surface area contributed by atoms with Crippen molar-refractivity contribution in [3.63, 3.8) is 0 Å². The van der Waals surface area contributed by atoms with Gasteiger partial charge in [-0.05, 0) is 5.92 Å². The summed E-state index contributed by atoms with van der Waals surface area (Å²) in [6.07, 6.45) is 0.710. The van der Waals surface area contributed by atoms with Crippen LogP contribution in [0.3, 0.4) is 0 Å². The molecule has 110 valence electrons. The summed E-state index contributed by atoms with van der Waals surface area (Å²) < 4.78 is 0. The lowest BCUT2D eigenvalue weighted by Gasteiger charge is -2.20. The Bertz CT molecular complexity index is 515. The third-order valence-corrected chi connectivity index (χ3v) is 3.58. The third kappa shape index (κ3) is 4.30. The van der Waals surface area contributed by atoms with Crippen LogP contribution in [0.5, 0.6) is 0 Å². The quantitative estimate of drug-likeness (QED) is 0.718. The molecule has 0 aliphatic rings. The van der Waals surface area contributed by atoms with Gasteiger partial charge in [0.2, 0.25) is 11.8 Å². The highest BCUT2D eigenvalue weighted by Crippen LogP contribution is 2.16. The molecule has 3 amide bonds. The van der Waals surface area contributed by atoms with Crippen molar-refractivity contribution in [1.82, 2.24) is 10.3 Å². The summed E-state index contributed by atoms with van der Waals surface area (Å²) in [5, 5.41) is 6.90. The number of hydrogen-bond donors (Lipinski definition) is 3. The van der Waals surface area contributed by atoms with Crippen LogP contribution in [0.15, 0.2) is 5.38 Å². The third-order valence-electron chi connectivity index (χ3n) is 2.83. The van der Waals surface area contributed by atoms with Gasteiger partial charge < -0.3 is 16.4 Å². The highest BCUT2D eigenvalue weighted by Gasteiger charge is 2.25. The van der Waals surface area contributed by atoms with Crippen LogP contribution >= 0.6 is 11.3 Å². The molecule has 7 nitrogen and oxygen atoms in total. The monoisotopic (exact) mass is 298 g/mol. The van der Waals surface area contributed by atoms with Gasteiger partial charge in [0.25, 0.3) is 5.91 Å². The van der Waals surface area contributed by atoms with E-state index in [1.165, 1.54) is 12.3 Å². The van der Waals surface area contributed by atoms with Gasteiger partial charge in [-0.1, -0.05) is 20.3 Å². The molecule has 4 N–H and O–H groups in total. The van der Waals surface area contributed by atoms with Crippen LogP contribution in [0.4, 0.5) is 5.13 Å². The molecule has 0 aliphatic heterocycles. The summed E-state index contributed by atoms with van der Waals surface area (Å²) in [6, 6.07) is -0.738. The zero-order chi connectivity index (χ0) is 15.3. The van der Waals surface area contributed by atoms with Gasteiger partial charge in [0, 0.05) is 12.3 Å².